The van der Waals surface area contributed by atoms with Gasteiger partial charge in [-0.25, -0.2) is 4.98 Å². The average Bonchev–Trinajstić information content (AvgIpc) is 3.09. The molecule has 0 fully saturated rings. The van der Waals surface area contributed by atoms with Gasteiger partial charge in [0.2, 0.25) is 5.91 Å². The molecule has 6 nitrogen and oxygen atoms in total. The van der Waals surface area contributed by atoms with E-state index in [-0.39, 0.29) is 11.9 Å². The minimum absolute atomic E-state index is 0.0871. The van der Waals surface area contributed by atoms with E-state index in [1.54, 1.807) is 11.3 Å². The highest BCUT2D eigenvalue weighted by Crippen LogP contribution is 2.33. The number of nitrogens with zero attached hydrogens (tertiary/aromatic N) is 3. The number of amides is 1. The largest absolute Gasteiger partial charge is 0.348 e. The average molecular weight is 359 g/mol. The first-order valence-electron chi connectivity index (χ1n) is 9.21. The van der Waals surface area contributed by atoms with Crippen LogP contribution in [0.3, 0.4) is 0 Å². The summed E-state index contributed by atoms with van der Waals surface area (Å²) in [7, 11) is 0. The van der Waals surface area contributed by atoms with E-state index in [1.807, 2.05) is 6.92 Å². The minimum Gasteiger partial charge on any atom is -0.348 e. The summed E-state index contributed by atoms with van der Waals surface area (Å²) in [6.45, 7) is 4.91. The van der Waals surface area contributed by atoms with Crippen molar-refractivity contribution in [3.8, 4) is 0 Å². The minimum atomic E-state index is 0.0871. The van der Waals surface area contributed by atoms with Crippen LogP contribution in [-0.4, -0.2) is 27.2 Å². The molecule has 0 aromatic carbocycles. The van der Waals surface area contributed by atoms with Gasteiger partial charge in [0.15, 0.2) is 0 Å². The first-order valence-corrected chi connectivity index (χ1v) is 10.0. The molecule has 1 aliphatic heterocycles. The number of thiazole rings is 1. The van der Waals surface area contributed by atoms with Crippen LogP contribution < -0.4 is 10.6 Å². The fourth-order valence-electron chi connectivity index (χ4n) is 3.73. The Morgan fingerprint density at radius 1 is 1.48 bits per heavy atom. The number of hydrogen-bond acceptors (Lipinski definition) is 5. The van der Waals surface area contributed by atoms with Crippen LogP contribution in [0.15, 0.2) is 6.07 Å². The van der Waals surface area contributed by atoms with Gasteiger partial charge in [-0.3, -0.25) is 9.48 Å². The van der Waals surface area contributed by atoms with Crippen molar-refractivity contribution in [2.45, 2.75) is 64.6 Å². The van der Waals surface area contributed by atoms with Crippen LogP contribution in [-0.2, 0) is 30.7 Å². The number of fused-ring (bicyclic) bond motifs is 2. The summed E-state index contributed by atoms with van der Waals surface area (Å²) in [5, 5.41) is 12.3. The van der Waals surface area contributed by atoms with Gasteiger partial charge < -0.3 is 10.6 Å². The summed E-state index contributed by atoms with van der Waals surface area (Å²) in [6.07, 6.45) is 5.50. The third-order valence-electron chi connectivity index (χ3n) is 4.95. The monoisotopic (exact) mass is 359 g/mol. The predicted molar refractivity (Wildman–Crippen MR) is 97.5 cm³/mol. The zero-order chi connectivity index (χ0) is 17.2. The number of carbonyl (C=O) groups is 1. The quantitative estimate of drug-likeness (QED) is 0.878. The topological polar surface area (TPSA) is 71.8 Å². The van der Waals surface area contributed by atoms with Crippen LogP contribution in [0.2, 0.25) is 0 Å². The van der Waals surface area contributed by atoms with Gasteiger partial charge >= 0.3 is 0 Å². The maximum Gasteiger partial charge on any atom is 0.220 e. The lowest BCUT2D eigenvalue weighted by Crippen LogP contribution is -2.31. The van der Waals surface area contributed by atoms with Crippen LogP contribution in [0, 0.1) is 6.92 Å². The van der Waals surface area contributed by atoms with Crippen LogP contribution in [0.5, 0.6) is 0 Å². The number of aromatic nitrogens is 3. The summed E-state index contributed by atoms with van der Waals surface area (Å²) in [4.78, 5) is 18.4. The van der Waals surface area contributed by atoms with Crippen molar-refractivity contribution < 1.29 is 4.79 Å². The van der Waals surface area contributed by atoms with E-state index in [2.05, 4.69) is 31.5 Å². The number of aryl methyl sites for hydroxylation is 4. The summed E-state index contributed by atoms with van der Waals surface area (Å²) in [6, 6.07) is 2.22. The Hall–Kier alpha value is -1.73. The maximum atomic E-state index is 12.4. The van der Waals surface area contributed by atoms with E-state index in [4.69, 9.17) is 0 Å². The highest BCUT2D eigenvalue weighted by molar-refractivity contribution is 7.11. The first kappa shape index (κ1) is 16.7. The van der Waals surface area contributed by atoms with Crippen molar-refractivity contribution in [1.29, 1.82) is 0 Å². The molecule has 2 aliphatic rings. The molecule has 1 unspecified atom stereocenters. The molecule has 1 amide bonds. The molecular weight excluding hydrogens is 334 g/mol. The van der Waals surface area contributed by atoms with Gasteiger partial charge in [0.05, 0.1) is 28.1 Å². The van der Waals surface area contributed by atoms with Crippen LogP contribution in [0.1, 0.15) is 58.7 Å². The molecule has 4 rings (SSSR count). The SMILES string of the molecule is Cc1nc2c(s1)CCCC2NC(=O)CCc1cc2n(n1)CCCNC2. The standard InChI is InChI=1S/C18H25N5OS/c1-12-20-18-15(4-2-5-16(18)25-12)21-17(24)7-6-13-10-14-11-19-8-3-9-23(14)22-13/h10,15,19H,2-9,11H2,1H3,(H,21,24). The first-order chi connectivity index (χ1) is 12.2. The third-order valence-corrected chi connectivity index (χ3v) is 5.99. The van der Waals surface area contributed by atoms with Crippen molar-refractivity contribution >= 4 is 17.2 Å². The second kappa shape index (κ2) is 7.25. The Morgan fingerprint density at radius 3 is 3.32 bits per heavy atom. The number of rotatable bonds is 4. The molecule has 1 atom stereocenters. The Balaban J connectivity index is 1.34. The lowest BCUT2D eigenvalue weighted by atomic mass is 9.97. The Morgan fingerprint density at radius 2 is 2.40 bits per heavy atom. The number of hydrogen-bond donors (Lipinski definition) is 2. The van der Waals surface area contributed by atoms with Crippen LogP contribution in [0.4, 0.5) is 0 Å². The normalized spacial score (nSPS) is 19.8. The van der Waals surface area contributed by atoms with E-state index in [0.717, 1.165) is 61.7 Å². The molecule has 2 aromatic rings. The molecule has 1 aliphatic carbocycles. The van der Waals surface area contributed by atoms with Crippen molar-refractivity contribution in [1.82, 2.24) is 25.4 Å². The zero-order valence-corrected chi connectivity index (χ0v) is 15.5. The number of carbonyl (C=O) groups excluding carboxylic acids is 1. The fourth-order valence-corrected chi connectivity index (χ4v) is 4.77. The molecule has 7 heteroatoms. The second-order valence-electron chi connectivity index (χ2n) is 6.93. The molecule has 3 heterocycles. The highest BCUT2D eigenvalue weighted by Gasteiger charge is 2.25. The highest BCUT2D eigenvalue weighted by atomic mass is 32.1. The van der Waals surface area contributed by atoms with E-state index in [9.17, 15) is 4.79 Å². The summed E-state index contributed by atoms with van der Waals surface area (Å²) < 4.78 is 2.08. The fraction of sp³-hybridized carbons (Fsp3) is 0.611. The summed E-state index contributed by atoms with van der Waals surface area (Å²) >= 11 is 1.77. The van der Waals surface area contributed by atoms with E-state index < -0.39 is 0 Å². The predicted octanol–water partition coefficient (Wildman–Crippen LogP) is 2.27. The molecular formula is C18H25N5OS. The maximum absolute atomic E-state index is 12.4. The molecule has 2 N–H and O–H groups in total. The van der Waals surface area contributed by atoms with Crippen molar-refractivity contribution in [3.05, 3.63) is 33.0 Å². The van der Waals surface area contributed by atoms with Crippen molar-refractivity contribution in [2.75, 3.05) is 6.54 Å². The van der Waals surface area contributed by atoms with Gasteiger partial charge in [-0.2, -0.15) is 5.10 Å². The molecule has 25 heavy (non-hydrogen) atoms. The molecule has 0 saturated carbocycles. The third kappa shape index (κ3) is 3.77. The molecule has 0 spiro atoms. The van der Waals surface area contributed by atoms with Crippen molar-refractivity contribution in [2.24, 2.45) is 0 Å². The van der Waals surface area contributed by atoms with Crippen LogP contribution >= 0.6 is 11.3 Å². The smallest absolute Gasteiger partial charge is 0.220 e. The van der Waals surface area contributed by atoms with E-state index in [1.165, 1.54) is 10.6 Å². The molecule has 0 radical (unpaired) electrons. The van der Waals surface area contributed by atoms with E-state index >= 15 is 0 Å². The molecule has 2 aromatic heterocycles. The lowest BCUT2D eigenvalue weighted by Gasteiger charge is -2.22. The second-order valence-corrected chi connectivity index (χ2v) is 8.22. The van der Waals surface area contributed by atoms with Gasteiger partial charge in [-0.05, 0) is 45.2 Å². The summed E-state index contributed by atoms with van der Waals surface area (Å²) in [5.74, 6) is 0.102. The number of nitrogens with one attached hydrogen (secondary N) is 2. The molecule has 0 saturated heterocycles. The van der Waals surface area contributed by atoms with Gasteiger partial charge in [0.25, 0.3) is 0 Å². The lowest BCUT2D eigenvalue weighted by molar-refractivity contribution is -0.121. The Kier molecular flexibility index (Phi) is 4.85. The van der Waals surface area contributed by atoms with Gasteiger partial charge in [0.1, 0.15) is 0 Å². The van der Waals surface area contributed by atoms with Gasteiger partial charge in [-0.1, -0.05) is 0 Å². The zero-order valence-electron chi connectivity index (χ0n) is 14.7. The molecule has 134 valence electrons. The van der Waals surface area contributed by atoms with Gasteiger partial charge in [0, 0.05) is 30.8 Å². The Bertz CT molecular complexity index is 742. The van der Waals surface area contributed by atoms with Gasteiger partial charge in [-0.15, -0.1) is 11.3 Å². The molecule has 0 bridgehead atoms. The summed E-state index contributed by atoms with van der Waals surface area (Å²) in [5.41, 5.74) is 3.34. The van der Waals surface area contributed by atoms with Crippen molar-refractivity contribution in [3.63, 3.8) is 0 Å². The Labute approximate surface area is 152 Å². The van der Waals surface area contributed by atoms with Crippen LogP contribution in [0.25, 0.3) is 0 Å². The van der Waals surface area contributed by atoms with E-state index in [0.29, 0.717) is 12.8 Å².